The topological polar surface area (TPSA) is 38.0 Å². The van der Waals surface area contributed by atoms with Crippen LogP contribution in [0.2, 0.25) is 0 Å². The number of benzene rings is 1. The summed E-state index contributed by atoms with van der Waals surface area (Å²) in [6, 6.07) is 9.55. The largest absolute Gasteiger partial charge is 0.384 e. The summed E-state index contributed by atoms with van der Waals surface area (Å²) in [4.78, 5) is 0. The molecule has 72 valence electrons. The fourth-order valence-corrected chi connectivity index (χ4v) is 1.41. The van der Waals surface area contributed by atoms with Crippen LogP contribution in [-0.4, -0.2) is 14.9 Å². The zero-order valence-corrected chi connectivity index (χ0v) is 7.96. The van der Waals surface area contributed by atoms with Gasteiger partial charge in [-0.2, -0.15) is 5.10 Å². The van der Waals surface area contributed by atoms with Crippen LogP contribution in [0, 0.1) is 0 Å². The molecule has 1 atom stereocenters. The molecule has 3 nitrogen and oxygen atoms in total. The van der Waals surface area contributed by atoms with Crippen molar-refractivity contribution in [2.24, 2.45) is 7.05 Å². The van der Waals surface area contributed by atoms with Crippen molar-refractivity contribution in [2.75, 3.05) is 0 Å². The Labute approximate surface area is 82.6 Å². The minimum absolute atomic E-state index is 0.579. The fraction of sp³-hybridized carbons (Fsp3) is 0.182. The maximum absolute atomic E-state index is 9.95. The third kappa shape index (κ3) is 1.67. The highest BCUT2D eigenvalue weighted by molar-refractivity contribution is 5.26. The predicted octanol–water partition coefficient (Wildman–Crippen LogP) is 1.50. The van der Waals surface area contributed by atoms with Gasteiger partial charge in [0.05, 0.1) is 6.20 Å². The van der Waals surface area contributed by atoms with E-state index >= 15 is 0 Å². The van der Waals surface area contributed by atoms with Gasteiger partial charge in [0.15, 0.2) is 0 Å². The monoisotopic (exact) mass is 188 g/mol. The Bertz CT molecular complexity index is 408. The van der Waals surface area contributed by atoms with Crippen molar-refractivity contribution in [1.29, 1.82) is 0 Å². The lowest BCUT2D eigenvalue weighted by molar-refractivity contribution is 0.220. The predicted molar refractivity (Wildman–Crippen MR) is 53.7 cm³/mol. The molecule has 0 unspecified atom stereocenters. The second kappa shape index (κ2) is 3.64. The number of aliphatic hydroxyl groups excluding tert-OH is 1. The summed E-state index contributed by atoms with van der Waals surface area (Å²) < 4.78 is 1.68. The molecule has 1 aromatic heterocycles. The van der Waals surface area contributed by atoms with Gasteiger partial charge in [0, 0.05) is 18.8 Å². The van der Waals surface area contributed by atoms with Gasteiger partial charge in [0.25, 0.3) is 0 Å². The van der Waals surface area contributed by atoms with Gasteiger partial charge in [-0.1, -0.05) is 30.3 Å². The molecule has 0 aliphatic rings. The van der Waals surface area contributed by atoms with E-state index in [-0.39, 0.29) is 0 Å². The van der Waals surface area contributed by atoms with Crippen LogP contribution in [0.25, 0.3) is 0 Å². The highest BCUT2D eigenvalue weighted by Gasteiger charge is 2.10. The van der Waals surface area contributed by atoms with E-state index in [1.807, 2.05) is 43.6 Å². The van der Waals surface area contributed by atoms with Crippen molar-refractivity contribution < 1.29 is 5.11 Å². The van der Waals surface area contributed by atoms with Crippen LogP contribution in [0.4, 0.5) is 0 Å². The first-order chi connectivity index (χ1) is 6.77. The van der Waals surface area contributed by atoms with Gasteiger partial charge < -0.3 is 5.11 Å². The van der Waals surface area contributed by atoms with Gasteiger partial charge in [0.2, 0.25) is 0 Å². The van der Waals surface area contributed by atoms with Crippen molar-refractivity contribution in [3.63, 3.8) is 0 Å². The number of rotatable bonds is 2. The summed E-state index contributed by atoms with van der Waals surface area (Å²) in [5.74, 6) is 0. The molecule has 3 heteroatoms. The molecular weight excluding hydrogens is 176 g/mol. The van der Waals surface area contributed by atoms with E-state index in [2.05, 4.69) is 5.10 Å². The van der Waals surface area contributed by atoms with Crippen LogP contribution in [-0.2, 0) is 7.05 Å². The molecular formula is C11H12N2O. The smallest absolute Gasteiger partial charge is 0.107 e. The van der Waals surface area contributed by atoms with Gasteiger partial charge >= 0.3 is 0 Å². The molecule has 0 bridgehead atoms. The molecule has 0 spiro atoms. The number of aromatic nitrogens is 2. The number of aryl methyl sites for hydroxylation is 1. The molecule has 2 aromatic rings. The average Bonchev–Trinajstić information content (AvgIpc) is 2.65. The SMILES string of the molecule is Cn1cc([C@H](O)c2ccccc2)cn1. The molecule has 0 saturated carbocycles. The van der Waals surface area contributed by atoms with Crippen LogP contribution in [0.3, 0.4) is 0 Å². The van der Waals surface area contributed by atoms with Gasteiger partial charge in [-0.05, 0) is 5.56 Å². The van der Waals surface area contributed by atoms with Crippen LogP contribution in [0.5, 0.6) is 0 Å². The number of hydrogen-bond acceptors (Lipinski definition) is 2. The van der Waals surface area contributed by atoms with Gasteiger partial charge in [0.1, 0.15) is 6.10 Å². The number of aliphatic hydroxyl groups is 1. The molecule has 0 amide bonds. The number of hydrogen-bond donors (Lipinski definition) is 1. The van der Waals surface area contributed by atoms with E-state index in [0.29, 0.717) is 0 Å². The van der Waals surface area contributed by atoms with E-state index in [1.165, 1.54) is 0 Å². The maximum atomic E-state index is 9.95. The third-order valence-electron chi connectivity index (χ3n) is 2.16. The standard InChI is InChI=1S/C11H12N2O/c1-13-8-10(7-12-13)11(14)9-5-3-2-4-6-9/h2-8,11,14H,1H3/t11-/m1/s1. The summed E-state index contributed by atoms with van der Waals surface area (Å²) >= 11 is 0. The van der Waals surface area contributed by atoms with Gasteiger partial charge in [-0.3, -0.25) is 4.68 Å². The Kier molecular flexibility index (Phi) is 2.33. The molecule has 2 rings (SSSR count). The molecule has 0 saturated heterocycles. The van der Waals surface area contributed by atoms with Gasteiger partial charge in [-0.25, -0.2) is 0 Å². The van der Waals surface area contributed by atoms with Crippen LogP contribution in [0.15, 0.2) is 42.7 Å². The number of nitrogens with zero attached hydrogens (tertiary/aromatic N) is 2. The third-order valence-corrected chi connectivity index (χ3v) is 2.16. The first-order valence-electron chi connectivity index (χ1n) is 4.49. The van der Waals surface area contributed by atoms with Crippen molar-refractivity contribution in [3.05, 3.63) is 53.9 Å². The lowest BCUT2D eigenvalue weighted by Crippen LogP contribution is -1.97. The van der Waals surface area contributed by atoms with Gasteiger partial charge in [-0.15, -0.1) is 0 Å². The Morgan fingerprint density at radius 2 is 1.93 bits per heavy atom. The van der Waals surface area contributed by atoms with Crippen LogP contribution in [0.1, 0.15) is 17.2 Å². The van der Waals surface area contributed by atoms with E-state index in [0.717, 1.165) is 11.1 Å². The van der Waals surface area contributed by atoms with Crippen LogP contribution < -0.4 is 0 Å². The summed E-state index contributed by atoms with van der Waals surface area (Å²) in [6.45, 7) is 0. The molecule has 1 N–H and O–H groups in total. The first kappa shape index (κ1) is 8.97. The van der Waals surface area contributed by atoms with E-state index in [4.69, 9.17) is 0 Å². The Morgan fingerprint density at radius 3 is 2.50 bits per heavy atom. The fourth-order valence-electron chi connectivity index (χ4n) is 1.41. The maximum Gasteiger partial charge on any atom is 0.107 e. The second-order valence-corrected chi connectivity index (χ2v) is 3.26. The molecule has 1 aromatic carbocycles. The minimum atomic E-state index is -0.579. The molecule has 0 radical (unpaired) electrons. The Hall–Kier alpha value is -1.61. The van der Waals surface area contributed by atoms with Crippen LogP contribution >= 0.6 is 0 Å². The zero-order valence-electron chi connectivity index (χ0n) is 7.96. The molecule has 0 aliphatic heterocycles. The van der Waals surface area contributed by atoms with E-state index in [9.17, 15) is 5.11 Å². The van der Waals surface area contributed by atoms with Crippen molar-refractivity contribution in [2.45, 2.75) is 6.10 Å². The lowest BCUT2D eigenvalue weighted by atomic mass is 10.1. The van der Waals surface area contributed by atoms with Crippen molar-refractivity contribution in [3.8, 4) is 0 Å². The minimum Gasteiger partial charge on any atom is -0.384 e. The summed E-state index contributed by atoms with van der Waals surface area (Å²) in [5, 5.41) is 14.0. The average molecular weight is 188 g/mol. The first-order valence-corrected chi connectivity index (χ1v) is 4.49. The summed E-state index contributed by atoms with van der Waals surface area (Å²) in [7, 11) is 1.83. The van der Waals surface area contributed by atoms with E-state index < -0.39 is 6.10 Å². The van der Waals surface area contributed by atoms with Crippen molar-refractivity contribution >= 4 is 0 Å². The normalized spacial score (nSPS) is 12.7. The molecule has 1 heterocycles. The zero-order chi connectivity index (χ0) is 9.97. The van der Waals surface area contributed by atoms with Crippen molar-refractivity contribution in [1.82, 2.24) is 9.78 Å². The molecule has 14 heavy (non-hydrogen) atoms. The Balaban J connectivity index is 2.29. The second-order valence-electron chi connectivity index (χ2n) is 3.26. The summed E-state index contributed by atoms with van der Waals surface area (Å²) in [6.07, 6.45) is 2.92. The highest BCUT2D eigenvalue weighted by Crippen LogP contribution is 2.20. The summed E-state index contributed by atoms with van der Waals surface area (Å²) in [5.41, 5.74) is 1.71. The quantitative estimate of drug-likeness (QED) is 0.775. The molecule has 0 fully saturated rings. The Morgan fingerprint density at radius 1 is 1.21 bits per heavy atom. The lowest BCUT2D eigenvalue weighted by Gasteiger charge is -2.07. The van der Waals surface area contributed by atoms with E-state index in [1.54, 1.807) is 10.9 Å². The highest BCUT2D eigenvalue weighted by atomic mass is 16.3. The molecule has 0 aliphatic carbocycles.